The Labute approximate surface area is 165 Å². The Morgan fingerprint density at radius 1 is 0.964 bits per heavy atom. The SMILES string of the molecule is O=C(Nc1ccccc1N1CCOC1=O)N1CCC[C@@H](c2ccccc2)CC1. The molecule has 28 heavy (non-hydrogen) atoms. The normalized spacial score (nSPS) is 19.9. The van der Waals surface area contributed by atoms with E-state index in [-0.39, 0.29) is 12.1 Å². The average Bonchev–Trinajstić information content (AvgIpc) is 3.00. The minimum atomic E-state index is -0.373. The van der Waals surface area contributed by atoms with Gasteiger partial charge in [0.2, 0.25) is 0 Å². The summed E-state index contributed by atoms with van der Waals surface area (Å²) in [4.78, 5) is 28.2. The van der Waals surface area contributed by atoms with Gasteiger partial charge in [-0.15, -0.1) is 0 Å². The summed E-state index contributed by atoms with van der Waals surface area (Å²) in [6.07, 6.45) is 2.65. The molecule has 6 heteroatoms. The number of para-hydroxylation sites is 2. The number of anilines is 2. The van der Waals surface area contributed by atoms with Crippen molar-refractivity contribution in [3.63, 3.8) is 0 Å². The van der Waals surface area contributed by atoms with Crippen molar-refractivity contribution in [3.05, 3.63) is 60.2 Å². The van der Waals surface area contributed by atoms with Gasteiger partial charge in [0.05, 0.1) is 17.9 Å². The number of likely N-dealkylation sites (tertiary alicyclic amines) is 1. The van der Waals surface area contributed by atoms with Gasteiger partial charge in [0.1, 0.15) is 6.61 Å². The van der Waals surface area contributed by atoms with Gasteiger partial charge in [-0.1, -0.05) is 42.5 Å². The van der Waals surface area contributed by atoms with Crippen molar-refractivity contribution in [2.45, 2.75) is 25.2 Å². The quantitative estimate of drug-likeness (QED) is 0.857. The number of hydrogen-bond donors (Lipinski definition) is 1. The standard InChI is InChI=1S/C22H25N3O3/c26-21(23-19-10-4-5-11-20(19)25-15-16-28-22(25)27)24-13-6-9-18(12-14-24)17-7-2-1-3-8-17/h1-5,7-8,10-11,18H,6,9,12-16H2,(H,23,26)/t18-/m1/s1. The first-order valence-electron chi connectivity index (χ1n) is 9.86. The Kier molecular flexibility index (Phi) is 5.46. The second kappa shape index (κ2) is 8.33. The number of carbonyl (C=O) groups excluding carboxylic acids is 2. The Bertz CT molecular complexity index is 840. The maximum Gasteiger partial charge on any atom is 0.414 e. The van der Waals surface area contributed by atoms with Crippen molar-refractivity contribution in [2.75, 3.05) is 36.5 Å². The molecule has 0 aliphatic carbocycles. The predicted octanol–water partition coefficient (Wildman–Crippen LogP) is 4.44. The van der Waals surface area contributed by atoms with E-state index in [1.807, 2.05) is 35.2 Å². The number of cyclic esters (lactones) is 1. The van der Waals surface area contributed by atoms with Crippen molar-refractivity contribution in [3.8, 4) is 0 Å². The summed E-state index contributed by atoms with van der Waals surface area (Å²) in [5.74, 6) is 0.491. The first kappa shape index (κ1) is 18.3. The molecule has 146 valence electrons. The lowest BCUT2D eigenvalue weighted by molar-refractivity contribution is 0.181. The number of urea groups is 1. The number of hydrogen-bond acceptors (Lipinski definition) is 3. The molecule has 2 aliphatic heterocycles. The number of rotatable bonds is 3. The Morgan fingerprint density at radius 2 is 1.75 bits per heavy atom. The fraction of sp³-hybridized carbons (Fsp3) is 0.364. The zero-order valence-electron chi connectivity index (χ0n) is 15.8. The topological polar surface area (TPSA) is 61.9 Å². The molecule has 0 aromatic heterocycles. The Hall–Kier alpha value is -3.02. The number of amides is 3. The van der Waals surface area contributed by atoms with Crippen LogP contribution in [0.1, 0.15) is 30.7 Å². The summed E-state index contributed by atoms with van der Waals surface area (Å²) in [7, 11) is 0. The van der Waals surface area contributed by atoms with Crippen LogP contribution in [0.4, 0.5) is 21.0 Å². The van der Waals surface area contributed by atoms with E-state index < -0.39 is 0 Å². The summed E-state index contributed by atoms with van der Waals surface area (Å²) in [5, 5.41) is 3.00. The number of carbonyl (C=O) groups is 2. The molecule has 0 bridgehead atoms. The average molecular weight is 379 g/mol. The van der Waals surface area contributed by atoms with Gasteiger partial charge in [-0.25, -0.2) is 9.59 Å². The van der Waals surface area contributed by atoms with Crippen LogP contribution < -0.4 is 10.2 Å². The number of ether oxygens (including phenoxy) is 1. The molecule has 3 amide bonds. The maximum absolute atomic E-state index is 12.9. The second-order valence-corrected chi connectivity index (χ2v) is 7.24. The van der Waals surface area contributed by atoms with Crippen LogP contribution in [0.5, 0.6) is 0 Å². The Balaban J connectivity index is 1.42. The summed E-state index contributed by atoms with van der Waals surface area (Å²) in [6.45, 7) is 2.32. The molecule has 2 saturated heterocycles. The zero-order valence-corrected chi connectivity index (χ0v) is 15.8. The molecule has 4 rings (SSSR count). The summed E-state index contributed by atoms with van der Waals surface area (Å²) < 4.78 is 5.03. The van der Waals surface area contributed by atoms with Crippen LogP contribution in [0.15, 0.2) is 54.6 Å². The number of benzene rings is 2. The summed E-state index contributed by atoms with van der Waals surface area (Å²) in [6, 6.07) is 17.8. The predicted molar refractivity (Wildman–Crippen MR) is 109 cm³/mol. The molecular formula is C22H25N3O3. The lowest BCUT2D eigenvalue weighted by Gasteiger charge is -2.23. The van der Waals surface area contributed by atoms with E-state index >= 15 is 0 Å². The van der Waals surface area contributed by atoms with Gasteiger partial charge in [-0.2, -0.15) is 0 Å². The lowest BCUT2D eigenvalue weighted by Crippen LogP contribution is -2.36. The molecule has 2 fully saturated rings. The second-order valence-electron chi connectivity index (χ2n) is 7.24. The molecule has 0 saturated carbocycles. The van der Waals surface area contributed by atoms with Gasteiger partial charge in [0.15, 0.2) is 0 Å². The third-order valence-electron chi connectivity index (χ3n) is 5.48. The minimum Gasteiger partial charge on any atom is -0.447 e. The van der Waals surface area contributed by atoms with Crippen molar-refractivity contribution < 1.29 is 14.3 Å². The smallest absolute Gasteiger partial charge is 0.414 e. The van der Waals surface area contributed by atoms with Gasteiger partial charge >= 0.3 is 12.1 Å². The van der Waals surface area contributed by atoms with Crippen LogP contribution in [-0.4, -0.2) is 43.3 Å². The molecule has 2 aromatic carbocycles. The highest BCUT2D eigenvalue weighted by Crippen LogP contribution is 2.30. The largest absolute Gasteiger partial charge is 0.447 e. The monoisotopic (exact) mass is 379 g/mol. The highest BCUT2D eigenvalue weighted by atomic mass is 16.6. The number of nitrogens with one attached hydrogen (secondary N) is 1. The van der Waals surface area contributed by atoms with Gasteiger partial charge in [-0.05, 0) is 42.9 Å². The fourth-order valence-corrected chi connectivity index (χ4v) is 3.98. The maximum atomic E-state index is 12.9. The van der Waals surface area contributed by atoms with Crippen LogP contribution in [0, 0.1) is 0 Å². The molecule has 2 aliphatic rings. The van der Waals surface area contributed by atoms with E-state index in [4.69, 9.17) is 4.74 Å². The molecule has 2 heterocycles. The molecule has 0 spiro atoms. The van der Waals surface area contributed by atoms with E-state index in [1.165, 1.54) is 5.56 Å². The highest BCUT2D eigenvalue weighted by molar-refractivity contribution is 5.99. The van der Waals surface area contributed by atoms with E-state index in [1.54, 1.807) is 4.90 Å². The van der Waals surface area contributed by atoms with E-state index in [0.717, 1.165) is 32.4 Å². The van der Waals surface area contributed by atoms with Crippen LogP contribution in [0.25, 0.3) is 0 Å². The Morgan fingerprint density at radius 3 is 2.54 bits per heavy atom. The van der Waals surface area contributed by atoms with Crippen LogP contribution in [0.2, 0.25) is 0 Å². The van der Waals surface area contributed by atoms with Crippen molar-refractivity contribution in [1.82, 2.24) is 4.90 Å². The first-order valence-corrected chi connectivity index (χ1v) is 9.86. The number of nitrogens with zero attached hydrogens (tertiary/aromatic N) is 2. The van der Waals surface area contributed by atoms with Crippen LogP contribution in [-0.2, 0) is 4.74 Å². The molecule has 1 atom stereocenters. The van der Waals surface area contributed by atoms with E-state index in [2.05, 4.69) is 29.6 Å². The fourth-order valence-electron chi connectivity index (χ4n) is 3.98. The molecule has 0 radical (unpaired) electrons. The van der Waals surface area contributed by atoms with Crippen LogP contribution >= 0.6 is 0 Å². The van der Waals surface area contributed by atoms with Crippen LogP contribution in [0.3, 0.4) is 0 Å². The molecule has 0 unspecified atom stereocenters. The summed E-state index contributed by atoms with van der Waals surface area (Å²) in [5.41, 5.74) is 2.66. The van der Waals surface area contributed by atoms with E-state index in [9.17, 15) is 9.59 Å². The summed E-state index contributed by atoms with van der Waals surface area (Å²) >= 11 is 0. The third kappa shape index (κ3) is 3.96. The van der Waals surface area contributed by atoms with E-state index in [0.29, 0.717) is 30.4 Å². The zero-order chi connectivity index (χ0) is 19.3. The lowest BCUT2D eigenvalue weighted by atomic mass is 9.92. The van der Waals surface area contributed by atoms with Crippen molar-refractivity contribution in [2.24, 2.45) is 0 Å². The van der Waals surface area contributed by atoms with Gasteiger partial charge in [0.25, 0.3) is 0 Å². The molecule has 6 nitrogen and oxygen atoms in total. The molecule has 2 aromatic rings. The van der Waals surface area contributed by atoms with Gasteiger partial charge in [0, 0.05) is 13.1 Å². The van der Waals surface area contributed by atoms with Crippen molar-refractivity contribution >= 4 is 23.5 Å². The van der Waals surface area contributed by atoms with Gasteiger partial charge in [-0.3, -0.25) is 4.90 Å². The minimum absolute atomic E-state index is 0.117. The molecule has 1 N–H and O–H groups in total. The van der Waals surface area contributed by atoms with Crippen molar-refractivity contribution in [1.29, 1.82) is 0 Å². The first-order chi connectivity index (χ1) is 13.7. The molecular weight excluding hydrogens is 354 g/mol. The highest BCUT2D eigenvalue weighted by Gasteiger charge is 2.27. The third-order valence-corrected chi connectivity index (χ3v) is 5.48. The van der Waals surface area contributed by atoms with Gasteiger partial charge < -0.3 is 15.0 Å².